The molecule has 1 aromatic carbocycles. The smallest absolute Gasteiger partial charge is 0.225 e. The minimum atomic E-state index is 0.585. The van der Waals surface area contributed by atoms with Gasteiger partial charge in [-0.25, -0.2) is 9.97 Å². The highest BCUT2D eigenvalue weighted by Crippen LogP contribution is 2.26. The van der Waals surface area contributed by atoms with Gasteiger partial charge in [-0.1, -0.05) is 26.0 Å². The van der Waals surface area contributed by atoms with Crippen molar-refractivity contribution in [1.82, 2.24) is 24.4 Å². The number of para-hydroxylation sites is 1. The van der Waals surface area contributed by atoms with E-state index in [4.69, 9.17) is 4.98 Å². The summed E-state index contributed by atoms with van der Waals surface area (Å²) in [6.07, 6.45) is 0. The Morgan fingerprint density at radius 3 is 2.56 bits per heavy atom. The summed E-state index contributed by atoms with van der Waals surface area (Å²) in [5, 5.41) is 6.48. The summed E-state index contributed by atoms with van der Waals surface area (Å²) < 4.78 is 2.09. The largest absolute Gasteiger partial charge is 0.369 e. The van der Waals surface area contributed by atoms with Crippen LogP contribution in [-0.4, -0.2) is 57.6 Å². The SMILES string of the molecule is CCN(CC)CCNc1cc(-c2nc3c(C)cccc3n2C)nc(NC)n1. The first kappa shape index (κ1) is 19.1. The van der Waals surface area contributed by atoms with Crippen LogP contribution in [-0.2, 0) is 7.05 Å². The van der Waals surface area contributed by atoms with E-state index in [9.17, 15) is 0 Å². The van der Waals surface area contributed by atoms with Crippen LogP contribution >= 0.6 is 0 Å². The van der Waals surface area contributed by atoms with Gasteiger partial charge >= 0.3 is 0 Å². The average molecular weight is 368 g/mol. The molecule has 3 aromatic rings. The van der Waals surface area contributed by atoms with E-state index >= 15 is 0 Å². The molecular formula is C20H29N7. The lowest BCUT2D eigenvalue weighted by atomic mass is 10.2. The minimum Gasteiger partial charge on any atom is -0.369 e. The molecule has 7 nitrogen and oxygen atoms in total. The molecule has 7 heteroatoms. The monoisotopic (exact) mass is 367 g/mol. The Kier molecular flexibility index (Phi) is 5.91. The zero-order chi connectivity index (χ0) is 19.4. The molecule has 0 radical (unpaired) electrons. The summed E-state index contributed by atoms with van der Waals surface area (Å²) in [6, 6.07) is 8.20. The van der Waals surface area contributed by atoms with E-state index in [1.54, 1.807) is 0 Å². The molecule has 0 aliphatic carbocycles. The highest BCUT2D eigenvalue weighted by Gasteiger charge is 2.14. The fourth-order valence-electron chi connectivity index (χ4n) is 3.23. The number of anilines is 2. The molecule has 0 aliphatic heterocycles. The number of hydrogen-bond acceptors (Lipinski definition) is 6. The number of rotatable bonds is 8. The van der Waals surface area contributed by atoms with Crippen molar-refractivity contribution >= 4 is 22.8 Å². The molecule has 2 N–H and O–H groups in total. The summed E-state index contributed by atoms with van der Waals surface area (Å²) in [7, 11) is 3.86. The Balaban J connectivity index is 1.92. The molecule has 0 fully saturated rings. The summed E-state index contributed by atoms with van der Waals surface area (Å²) in [6.45, 7) is 10.4. The summed E-state index contributed by atoms with van der Waals surface area (Å²) in [5.41, 5.74) is 4.08. The molecule has 0 saturated heterocycles. The Hall–Kier alpha value is -2.67. The normalized spacial score (nSPS) is 11.3. The lowest BCUT2D eigenvalue weighted by Gasteiger charge is -2.18. The van der Waals surface area contributed by atoms with Crippen molar-refractivity contribution in [2.75, 3.05) is 43.9 Å². The van der Waals surface area contributed by atoms with E-state index in [2.05, 4.69) is 69.0 Å². The summed E-state index contributed by atoms with van der Waals surface area (Å²) in [4.78, 5) is 16.4. The Morgan fingerprint density at radius 2 is 1.89 bits per heavy atom. The van der Waals surface area contributed by atoms with Gasteiger partial charge in [-0.05, 0) is 31.6 Å². The third kappa shape index (κ3) is 4.03. The second kappa shape index (κ2) is 8.35. The fourth-order valence-corrected chi connectivity index (χ4v) is 3.23. The number of aryl methyl sites for hydroxylation is 2. The molecule has 3 rings (SSSR count). The Bertz CT molecular complexity index is 912. The maximum absolute atomic E-state index is 4.84. The molecule has 0 spiro atoms. The predicted molar refractivity (Wildman–Crippen MR) is 112 cm³/mol. The minimum absolute atomic E-state index is 0.585. The quantitative estimate of drug-likeness (QED) is 0.637. The van der Waals surface area contributed by atoms with Gasteiger partial charge in [-0.2, -0.15) is 4.98 Å². The van der Waals surface area contributed by atoms with E-state index in [0.29, 0.717) is 5.95 Å². The van der Waals surface area contributed by atoms with Crippen LogP contribution in [0.1, 0.15) is 19.4 Å². The van der Waals surface area contributed by atoms with Crippen molar-refractivity contribution in [2.45, 2.75) is 20.8 Å². The third-order valence-corrected chi connectivity index (χ3v) is 4.92. The van der Waals surface area contributed by atoms with Crippen molar-refractivity contribution in [3.05, 3.63) is 29.8 Å². The van der Waals surface area contributed by atoms with Crippen molar-refractivity contribution in [1.29, 1.82) is 0 Å². The second-order valence-electron chi connectivity index (χ2n) is 6.60. The van der Waals surface area contributed by atoms with Crippen LogP contribution in [0.25, 0.3) is 22.6 Å². The zero-order valence-electron chi connectivity index (χ0n) is 16.9. The van der Waals surface area contributed by atoms with Crippen LogP contribution in [0.15, 0.2) is 24.3 Å². The van der Waals surface area contributed by atoms with Crippen LogP contribution in [0.4, 0.5) is 11.8 Å². The second-order valence-corrected chi connectivity index (χ2v) is 6.60. The molecule has 2 aromatic heterocycles. The topological polar surface area (TPSA) is 70.9 Å². The number of nitrogens with one attached hydrogen (secondary N) is 2. The molecule has 0 atom stereocenters. The molecule has 0 unspecified atom stereocenters. The first-order valence-electron chi connectivity index (χ1n) is 9.52. The van der Waals surface area contributed by atoms with Gasteiger partial charge in [-0.3, -0.25) is 0 Å². The zero-order valence-corrected chi connectivity index (χ0v) is 16.9. The molecular weight excluding hydrogens is 338 g/mol. The summed E-state index contributed by atoms with van der Waals surface area (Å²) >= 11 is 0. The lowest BCUT2D eigenvalue weighted by Crippen LogP contribution is -2.28. The van der Waals surface area contributed by atoms with Crippen molar-refractivity contribution < 1.29 is 0 Å². The van der Waals surface area contributed by atoms with Gasteiger partial charge in [0.25, 0.3) is 0 Å². The number of nitrogens with zero attached hydrogens (tertiary/aromatic N) is 5. The van der Waals surface area contributed by atoms with Gasteiger partial charge in [0.15, 0.2) is 5.82 Å². The lowest BCUT2D eigenvalue weighted by molar-refractivity contribution is 0.316. The van der Waals surface area contributed by atoms with E-state index in [-0.39, 0.29) is 0 Å². The highest BCUT2D eigenvalue weighted by atomic mass is 15.2. The number of aromatic nitrogens is 4. The van der Waals surface area contributed by atoms with E-state index in [0.717, 1.165) is 60.1 Å². The first-order valence-corrected chi connectivity index (χ1v) is 9.52. The molecule has 0 amide bonds. The number of fused-ring (bicyclic) bond motifs is 1. The van der Waals surface area contributed by atoms with Gasteiger partial charge < -0.3 is 20.1 Å². The summed E-state index contributed by atoms with van der Waals surface area (Å²) in [5.74, 6) is 2.23. The first-order chi connectivity index (χ1) is 13.1. The maximum Gasteiger partial charge on any atom is 0.225 e. The van der Waals surface area contributed by atoms with Gasteiger partial charge in [-0.15, -0.1) is 0 Å². The van der Waals surface area contributed by atoms with Crippen LogP contribution in [0.5, 0.6) is 0 Å². The number of hydrogen-bond donors (Lipinski definition) is 2. The van der Waals surface area contributed by atoms with E-state index in [1.165, 1.54) is 0 Å². The number of benzene rings is 1. The van der Waals surface area contributed by atoms with Crippen molar-refractivity contribution in [3.63, 3.8) is 0 Å². The average Bonchev–Trinajstić information content (AvgIpc) is 3.03. The predicted octanol–water partition coefficient (Wildman–Crippen LogP) is 3.13. The number of imidazole rings is 1. The molecule has 27 heavy (non-hydrogen) atoms. The van der Waals surface area contributed by atoms with Crippen molar-refractivity contribution in [3.8, 4) is 11.5 Å². The van der Waals surface area contributed by atoms with Crippen molar-refractivity contribution in [2.24, 2.45) is 7.05 Å². The molecule has 144 valence electrons. The van der Waals surface area contributed by atoms with Crippen LogP contribution in [0, 0.1) is 6.92 Å². The van der Waals surface area contributed by atoms with Gasteiger partial charge in [0.05, 0.1) is 11.0 Å². The van der Waals surface area contributed by atoms with E-state index in [1.807, 2.05) is 20.2 Å². The van der Waals surface area contributed by atoms with Gasteiger partial charge in [0.1, 0.15) is 11.5 Å². The van der Waals surface area contributed by atoms with Crippen LogP contribution in [0.3, 0.4) is 0 Å². The van der Waals surface area contributed by atoms with E-state index < -0.39 is 0 Å². The number of likely N-dealkylation sites (N-methyl/N-ethyl adjacent to an activating group) is 1. The van der Waals surface area contributed by atoms with Crippen LogP contribution in [0.2, 0.25) is 0 Å². The third-order valence-electron chi connectivity index (χ3n) is 4.92. The van der Waals surface area contributed by atoms with Crippen LogP contribution < -0.4 is 10.6 Å². The van der Waals surface area contributed by atoms with Gasteiger partial charge in [0.2, 0.25) is 5.95 Å². The maximum atomic E-state index is 4.84. The Labute approximate surface area is 160 Å². The molecule has 0 aliphatic rings. The molecule has 2 heterocycles. The fraction of sp³-hybridized carbons (Fsp3) is 0.450. The Morgan fingerprint density at radius 1 is 1.11 bits per heavy atom. The highest BCUT2D eigenvalue weighted by molar-refractivity contribution is 5.83. The molecule has 0 saturated carbocycles. The van der Waals surface area contributed by atoms with Gasteiger partial charge in [0, 0.05) is 33.3 Å². The molecule has 0 bridgehead atoms. The standard InChI is InChI=1S/C20H29N7/c1-6-27(7-2)12-11-22-17-13-15(23-20(21-4)24-17)19-25-18-14(3)9-8-10-16(18)26(19)5/h8-10,13H,6-7,11-12H2,1-5H3,(H2,21,22,23,24).